The summed E-state index contributed by atoms with van der Waals surface area (Å²) in [6, 6.07) is 0.595. The Kier molecular flexibility index (Phi) is 6.11. The smallest absolute Gasteiger partial charge is 0.0622 e. The third-order valence-corrected chi connectivity index (χ3v) is 5.09. The maximum atomic E-state index is 6.13. The highest BCUT2D eigenvalue weighted by molar-refractivity contribution is 4.77. The molecule has 0 aromatic rings. The standard InChI is InChI=1S/C16H32N2O/c1-4-15-5-11-18(12-6-15)14(2)13-19-16-7-9-17(3)10-8-16/h14-16H,4-13H2,1-3H3. The van der Waals surface area contributed by atoms with E-state index in [2.05, 4.69) is 30.7 Å². The van der Waals surface area contributed by atoms with Crippen LogP contribution in [-0.4, -0.2) is 61.8 Å². The fourth-order valence-corrected chi connectivity index (χ4v) is 3.33. The van der Waals surface area contributed by atoms with Gasteiger partial charge in [-0.2, -0.15) is 0 Å². The van der Waals surface area contributed by atoms with Crippen molar-refractivity contribution in [2.45, 2.75) is 58.1 Å². The first-order valence-electron chi connectivity index (χ1n) is 8.23. The molecule has 2 saturated heterocycles. The molecule has 2 aliphatic rings. The van der Waals surface area contributed by atoms with Crippen LogP contribution in [0.2, 0.25) is 0 Å². The number of nitrogens with zero attached hydrogens (tertiary/aromatic N) is 2. The van der Waals surface area contributed by atoms with Crippen LogP contribution in [0.3, 0.4) is 0 Å². The van der Waals surface area contributed by atoms with Crippen molar-refractivity contribution in [1.29, 1.82) is 0 Å². The first-order chi connectivity index (χ1) is 9.19. The molecule has 1 unspecified atom stereocenters. The second-order valence-electron chi connectivity index (χ2n) is 6.57. The minimum atomic E-state index is 0.506. The third kappa shape index (κ3) is 4.73. The Morgan fingerprint density at radius 2 is 1.68 bits per heavy atom. The number of hydrogen-bond acceptors (Lipinski definition) is 3. The SMILES string of the molecule is CCC1CCN(C(C)COC2CCN(C)CC2)CC1. The molecule has 19 heavy (non-hydrogen) atoms. The molecule has 0 aliphatic carbocycles. The van der Waals surface area contributed by atoms with Crippen LogP contribution in [0.25, 0.3) is 0 Å². The molecular formula is C16H32N2O. The largest absolute Gasteiger partial charge is 0.377 e. The Balaban J connectivity index is 1.63. The third-order valence-electron chi connectivity index (χ3n) is 5.09. The zero-order valence-electron chi connectivity index (χ0n) is 13.1. The van der Waals surface area contributed by atoms with Crippen LogP contribution in [0.15, 0.2) is 0 Å². The second kappa shape index (κ2) is 7.61. The molecule has 0 spiro atoms. The van der Waals surface area contributed by atoms with E-state index in [4.69, 9.17) is 4.74 Å². The van der Waals surface area contributed by atoms with Crippen molar-refractivity contribution in [2.75, 3.05) is 39.8 Å². The van der Waals surface area contributed by atoms with E-state index in [0.29, 0.717) is 12.1 Å². The normalized spacial score (nSPS) is 26.7. The molecule has 0 aromatic heterocycles. The monoisotopic (exact) mass is 268 g/mol. The molecule has 112 valence electrons. The highest BCUT2D eigenvalue weighted by Crippen LogP contribution is 2.22. The van der Waals surface area contributed by atoms with Crippen molar-refractivity contribution < 1.29 is 4.74 Å². The quantitative estimate of drug-likeness (QED) is 0.762. The van der Waals surface area contributed by atoms with E-state index in [1.807, 2.05) is 0 Å². The first-order valence-corrected chi connectivity index (χ1v) is 8.23. The molecular weight excluding hydrogens is 236 g/mol. The lowest BCUT2D eigenvalue weighted by Crippen LogP contribution is -2.43. The number of rotatable bonds is 5. The summed E-state index contributed by atoms with van der Waals surface area (Å²) in [6.07, 6.45) is 7.05. The molecule has 0 bridgehead atoms. The number of piperidine rings is 2. The van der Waals surface area contributed by atoms with Gasteiger partial charge in [0.15, 0.2) is 0 Å². The van der Waals surface area contributed by atoms with Crippen molar-refractivity contribution in [3.63, 3.8) is 0 Å². The lowest BCUT2D eigenvalue weighted by atomic mass is 9.94. The fourth-order valence-electron chi connectivity index (χ4n) is 3.33. The summed E-state index contributed by atoms with van der Waals surface area (Å²) in [4.78, 5) is 5.03. The van der Waals surface area contributed by atoms with Crippen molar-refractivity contribution in [2.24, 2.45) is 5.92 Å². The van der Waals surface area contributed by atoms with Crippen molar-refractivity contribution in [3.8, 4) is 0 Å². The minimum Gasteiger partial charge on any atom is -0.377 e. The average Bonchev–Trinajstić information content (AvgIpc) is 2.46. The molecule has 0 radical (unpaired) electrons. The van der Waals surface area contributed by atoms with Crippen LogP contribution in [0, 0.1) is 5.92 Å². The number of hydrogen-bond donors (Lipinski definition) is 0. The van der Waals surface area contributed by atoms with E-state index < -0.39 is 0 Å². The lowest BCUT2D eigenvalue weighted by Gasteiger charge is -2.37. The Bertz CT molecular complexity index is 243. The van der Waals surface area contributed by atoms with Gasteiger partial charge < -0.3 is 9.64 Å². The van der Waals surface area contributed by atoms with E-state index in [9.17, 15) is 0 Å². The maximum Gasteiger partial charge on any atom is 0.0622 e. The first kappa shape index (κ1) is 15.3. The van der Waals surface area contributed by atoms with Gasteiger partial charge in [0.05, 0.1) is 12.7 Å². The molecule has 0 saturated carbocycles. The predicted molar refractivity (Wildman–Crippen MR) is 80.5 cm³/mol. The van der Waals surface area contributed by atoms with E-state index in [1.165, 1.54) is 58.3 Å². The highest BCUT2D eigenvalue weighted by Gasteiger charge is 2.23. The summed E-state index contributed by atoms with van der Waals surface area (Å²) in [5.74, 6) is 0.971. The van der Waals surface area contributed by atoms with Gasteiger partial charge in [0.25, 0.3) is 0 Å². The van der Waals surface area contributed by atoms with Crippen molar-refractivity contribution >= 4 is 0 Å². The Labute approximate surface area is 119 Å². The lowest BCUT2D eigenvalue weighted by molar-refractivity contribution is -0.0205. The molecule has 2 rings (SSSR count). The highest BCUT2D eigenvalue weighted by atomic mass is 16.5. The molecule has 2 heterocycles. The summed E-state index contributed by atoms with van der Waals surface area (Å²) >= 11 is 0. The predicted octanol–water partition coefficient (Wildman–Crippen LogP) is 2.61. The topological polar surface area (TPSA) is 15.7 Å². The molecule has 0 N–H and O–H groups in total. The van der Waals surface area contributed by atoms with E-state index in [-0.39, 0.29) is 0 Å². The maximum absolute atomic E-state index is 6.13. The van der Waals surface area contributed by atoms with Crippen LogP contribution in [0.1, 0.15) is 46.0 Å². The Morgan fingerprint density at radius 1 is 1.05 bits per heavy atom. The molecule has 0 amide bonds. The second-order valence-corrected chi connectivity index (χ2v) is 6.57. The zero-order valence-corrected chi connectivity index (χ0v) is 13.1. The summed E-state index contributed by atoms with van der Waals surface area (Å²) in [6.45, 7) is 10.5. The summed E-state index contributed by atoms with van der Waals surface area (Å²) < 4.78 is 6.13. The van der Waals surface area contributed by atoms with Gasteiger partial charge in [-0.25, -0.2) is 0 Å². The van der Waals surface area contributed by atoms with Crippen molar-refractivity contribution in [1.82, 2.24) is 9.80 Å². The molecule has 3 nitrogen and oxygen atoms in total. The zero-order chi connectivity index (χ0) is 13.7. The summed E-state index contributed by atoms with van der Waals surface area (Å²) in [5.41, 5.74) is 0. The van der Waals surface area contributed by atoms with Gasteiger partial charge in [0.2, 0.25) is 0 Å². The van der Waals surface area contributed by atoms with Crippen LogP contribution in [0.5, 0.6) is 0 Å². The average molecular weight is 268 g/mol. The van der Waals surface area contributed by atoms with Crippen LogP contribution >= 0.6 is 0 Å². The van der Waals surface area contributed by atoms with Gasteiger partial charge in [0, 0.05) is 19.1 Å². The minimum absolute atomic E-state index is 0.506. The van der Waals surface area contributed by atoms with Gasteiger partial charge in [-0.05, 0) is 58.7 Å². The molecule has 1 atom stereocenters. The van der Waals surface area contributed by atoms with Crippen LogP contribution in [0.4, 0.5) is 0 Å². The number of likely N-dealkylation sites (tertiary alicyclic amines) is 2. The van der Waals surface area contributed by atoms with Gasteiger partial charge in [-0.15, -0.1) is 0 Å². The van der Waals surface area contributed by atoms with Crippen molar-refractivity contribution in [3.05, 3.63) is 0 Å². The van der Waals surface area contributed by atoms with Crippen LogP contribution in [-0.2, 0) is 4.74 Å². The molecule has 2 aliphatic heterocycles. The fraction of sp³-hybridized carbons (Fsp3) is 1.00. The van der Waals surface area contributed by atoms with Gasteiger partial charge >= 0.3 is 0 Å². The van der Waals surface area contributed by atoms with Gasteiger partial charge in [-0.3, -0.25) is 4.90 Å². The molecule has 0 aromatic carbocycles. The molecule has 3 heteroatoms. The van der Waals surface area contributed by atoms with E-state index in [1.54, 1.807) is 0 Å². The van der Waals surface area contributed by atoms with E-state index >= 15 is 0 Å². The Hall–Kier alpha value is -0.120. The molecule has 2 fully saturated rings. The number of ether oxygens (including phenoxy) is 1. The Morgan fingerprint density at radius 3 is 2.26 bits per heavy atom. The van der Waals surface area contributed by atoms with Gasteiger partial charge in [-0.1, -0.05) is 13.3 Å². The van der Waals surface area contributed by atoms with Gasteiger partial charge in [0.1, 0.15) is 0 Å². The van der Waals surface area contributed by atoms with Crippen LogP contribution < -0.4 is 0 Å². The summed E-state index contributed by atoms with van der Waals surface area (Å²) in [5, 5.41) is 0. The summed E-state index contributed by atoms with van der Waals surface area (Å²) in [7, 11) is 2.21. The van der Waals surface area contributed by atoms with E-state index in [0.717, 1.165) is 12.5 Å².